The number of carbonyl (C=O) groups excluding carboxylic acids is 1. The van der Waals surface area contributed by atoms with Gasteiger partial charge in [0.1, 0.15) is 0 Å². The Balaban J connectivity index is 1.67. The van der Waals surface area contributed by atoms with Crippen LogP contribution >= 0.6 is 0 Å². The van der Waals surface area contributed by atoms with Crippen molar-refractivity contribution in [1.29, 1.82) is 0 Å². The Morgan fingerprint density at radius 3 is 2.78 bits per heavy atom. The molecule has 3 rings (SSSR count). The number of aryl methyl sites for hydroxylation is 2. The lowest BCUT2D eigenvalue weighted by Gasteiger charge is -2.30. The van der Waals surface area contributed by atoms with Gasteiger partial charge in [-0.15, -0.1) is 0 Å². The molecule has 2 atom stereocenters. The number of hydrogen-bond acceptors (Lipinski definition) is 6. The fourth-order valence-corrected chi connectivity index (χ4v) is 2.75. The van der Waals surface area contributed by atoms with Crippen molar-refractivity contribution in [1.82, 2.24) is 10.1 Å². The molecule has 0 radical (unpaired) electrons. The molecule has 23 heavy (non-hydrogen) atoms. The zero-order valence-corrected chi connectivity index (χ0v) is 13.3. The number of ether oxygens (including phenoxy) is 2. The predicted molar refractivity (Wildman–Crippen MR) is 81.4 cm³/mol. The van der Waals surface area contributed by atoms with Gasteiger partial charge in [0.15, 0.2) is 12.4 Å². The molecule has 1 aliphatic rings. The summed E-state index contributed by atoms with van der Waals surface area (Å²) in [4.78, 5) is 16.5. The molecule has 1 aliphatic heterocycles. The number of nitrogens with zero attached hydrogens (tertiary/aromatic N) is 2. The van der Waals surface area contributed by atoms with Crippen molar-refractivity contribution in [2.24, 2.45) is 5.92 Å². The minimum Gasteiger partial charge on any atom is -0.455 e. The summed E-state index contributed by atoms with van der Waals surface area (Å²) in [6.07, 6.45) is 1.34. The van der Waals surface area contributed by atoms with Gasteiger partial charge in [-0.3, -0.25) is 4.79 Å². The van der Waals surface area contributed by atoms with Crippen LogP contribution in [0.4, 0.5) is 0 Å². The molecule has 6 heteroatoms. The second-order valence-electron chi connectivity index (χ2n) is 5.79. The molecule has 6 nitrogen and oxygen atoms in total. The van der Waals surface area contributed by atoms with Gasteiger partial charge in [-0.2, -0.15) is 4.98 Å². The highest BCUT2D eigenvalue weighted by Crippen LogP contribution is 2.34. The monoisotopic (exact) mass is 316 g/mol. The second-order valence-corrected chi connectivity index (χ2v) is 5.79. The first-order valence-corrected chi connectivity index (χ1v) is 7.77. The Hall–Kier alpha value is -2.21. The predicted octanol–water partition coefficient (Wildman–Crippen LogP) is 2.90. The van der Waals surface area contributed by atoms with Gasteiger partial charge in [-0.25, -0.2) is 0 Å². The van der Waals surface area contributed by atoms with E-state index in [2.05, 4.69) is 10.1 Å². The standard InChI is InChI=1S/C17H20N2O4/c1-11-5-7-13(8-6-11)16-14(4-3-9-21-16)17(20)22-10-15-18-12(2)19-23-15/h5-8,14,16H,3-4,9-10H2,1-2H3/t14-,16+/m0/s1. The van der Waals surface area contributed by atoms with Crippen molar-refractivity contribution < 1.29 is 18.8 Å². The Morgan fingerprint density at radius 1 is 1.30 bits per heavy atom. The highest BCUT2D eigenvalue weighted by atomic mass is 16.6. The van der Waals surface area contributed by atoms with Crippen molar-refractivity contribution >= 4 is 5.97 Å². The number of rotatable bonds is 4. The van der Waals surface area contributed by atoms with E-state index in [0.29, 0.717) is 18.3 Å². The van der Waals surface area contributed by atoms with Crippen LogP contribution in [0.2, 0.25) is 0 Å². The molecular formula is C17H20N2O4. The highest BCUT2D eigenvalue weighted by Gasteiger charge is 2.34. The van der Waals surface area contributed by atoms with Gasteiger partial charge in [0.2, 0.25) is 0 Å². The van der Waals surface area contributed by atoms with Crippen molar-refractivity contribution in [3.05, 3.63) is 47.1 Å². The molecule has 2 aromatic rings. The number of esters is 1. The van der Waals surface area contributed by atoms with E-state index in [1.54, 1.807) is 6.92 Å². The fourth-order valence-electron chi connectivity index (χ4n) is 2.75. The number of hydrogen-bond donors (Lipinski definition) is 0. The summed E-state index contributed by atoms with van der Waals surface area (Å²) in [6.45, 7) is 4.41. The van der Waals surface area contributed by atoms with Crippen LogP contribution in [0.1, 0.15) is 41.8 Å². The van der Waals surface area contributed by atoms with Crippen LogP contribution in [0.25, 0.3) is 0 Å². The van der Waals surface area contributed by atoms with E-state index < -0.39 is 0 Å². The van der Waals surface area contributed by atoms with Gasteiger partial charge in [0.25, 0.3) is 5.89 Å². The molecule has 1 fully saturated rings. The summed E-state index contributed by atoms with van der Waals surface area (Å²) in [6, 6.07) is 8.06. The summed E-state index contributed by atoms with van der Waals surface area (Å²) in [5.74, 6) is 0.232. The zero-order chi connectivity index (χ0) is 16.2. The maximum atomic E-state index is 12.4. The average Bonchev–Trinajstić information content (AvgIpc) is 2.99. The number of benzene rings is 1. The Bertz CT molecular complexity index is 665. The maximum absolute atomic E-state index is 12.4. The van der Waals surface area contributed by atoms with E-state index in [4.69, 9.17) is 14.0 Å². The third-order valence-corrected chi connectivity index (χ3v) is 3.94. The molecular weight excluding hydrogens is 296 g/mol. The van der Waals surface area contributed by atoms with Crippen LogP contribution in [-0.4, -0.2) is 22.7 Å². The normalized spacial score (nSPS) is 21.1. The fraction of sp³-hybridized carbons (Fsp3) is 0.471. The zero-order valence-electron chi connectivity index (χ0n) is 13.3. The number of aromatic nitrogens is 2. The molecule has 0 unspecified atom stereocenters. The molecule has 0 saturated carbocycles. The highest BCUT2D eigenvalue weighted by molar-refractivity contribution is 5.73. The van der Waals surface area contributed by atoms with Crippen molar-refractivity contribution in [3.8, 4) is 0 Å². The molecule has 1 aromatic carbocycles. The summed E-state index contributed by atoms with van der Waals surface area (Å²) in [7, 11) is 0. The lowest BCUT2D eigenvalue weighted by molar-refractivity contribution is -0.160. The van der Waals surface area contributed by atoms with E-state index in [-0.39, 0.29) is 24.6 Å². The van der Waals surface area contributed by atoms with Gasteiger partial charge in [0.05, 0.1) is 12.0 Å². The van der Waals surface area contributed by atoms with E-state index in [9.17, 15) is 4.79 Å². The van der Waals surface area contributed by atoms with E-state index in [0.717, 1.165) is 18.4 Å². The molecule has 1 aromatic heterocycles. The molecule has 0 N–H and O–H groups in total. The minimum absolute atomic E-state index is 0.00318. The van der Waals surface area contributed by atoms with Crippen LogP contribution < -0.4 is 0 Å². The van der Waals surface area contributed by atoms with Crippen LogP contribution in [0.3, 0.4) is 0 Å². The maximum Gasteiger partial charge on any atom is 0.312 e. The lowest BCUT2D eigenvalue weighted by Crippen LogP contribution is -2.30. The molecule has 0 amide bonds. The molecule has 0 spiro atoms. The summed E-state index contributed by atoms with van der Waals surface area (Å²) in [5, 5.41) is 3.68. The molecule has 2 heterocycles. The summed E-state index contributed by atoms with van der Waals surface area (Å²) < 4.78 is 16.1. The Kier molecular flexibility index (Phi) is 4.71. The van der Waals surface area contributed by atoms with Gasteiger partial charge < -0.3 is 14.0 Å². The molecule has 0 bridgehead atoms. The Morgan fingerprint density at radius 2 is 2.09 bits per heavy atom. The average molecular weight is 316 g/mol. The summed E-state index contributed by atoms with van der Waals surface area (Å²) >= 11 is 0. The Labute approximate surface area is 134 Å². The van der Waals surface area contributed by atoms with E-state index >= 15 is 0 Å². The van der Waals surface area contributed by atoms with Crippen molar-refractivity contribution in [3.63, 3.8) is 0 Å². The minimum atomic E-state index is -0.310. The van der Waals surface area contributed by atoms with Gasteiger partial charge in [0, 0.05) is 6.61 Å². The van der Waals surface area contributed by atoms with E-state index in [1.807, 2.05) is 31.2 Å². The lowest BCUT2D eigenvalue weighted by atomic mass is 9.89. The second kappa shape index (κ2) is 6.91. The largest absolute Gasteiger partial charge is 0.455 e. The number of carbonyl (C=O) groups is 1. The SMILES string of the molecule is Cc1ccc([C@H]2OCCC[C@@H]2C(=O)OCc2nc(C)no2)cc1. The van der Waals surface area contributed by atoms with Gasteiger partial charge in [-0.1, -0.05) is 35.0 Å². The van der Waals surface area contributed by atoms with E-state index in [1.165, 1.54) is 5.56 Å². The van der Waals surface area contributed by atoms with Crippen molar-refractivity contribution in [2.75, 3.05) is 6.61 Å². The third kappa shape index (κ3) is 3.76. The first-order chi connectivity index (χ1) is 11.1. The molecule has 0 aliphatic carbocycles. The quantitative estimate of drug-likeness (QED) is 0.807. The van der Waals surface area contributed by atoms with Crippen molar-refractivity contribution in [2.45, 2.75) is 39.4 Å². The first kappa shape index (κ1) is 15.7. The smallest absolute Gasteiger partial charge is 0.312 e. The first-order valence-electron chi connectivity index (χ1n) is 7.77. The van der Waals surface area contributed by atoms with Crippen LogP contribution in [0, 0.1) is 19.8 Å². The third-order valence-electron chi connectivity index (χ3n) is 3.94. The summed E-state index contributed by atoms with van der Waals surface area (Å²) in [5.41, 5.74) is 2.18. The van der Waals surface area contributed by atoms with Crippen LogP contribution in [-0.2, 0) is 20.9 Å². The topological polar surface area (TPSA) is 74.5 Å². The van der Waals surface area contributed by atoms with Crippen LogP contribution in [0.15, 0.2) is 28.8 Å². The van der Waals surface area contributed by atoms with Gasteiger partial charge in [-0.05, 0) is 32.3 Å². The van der Waals surface area contributed by atoms with Gasteiger partial charge >= 0.3 is 5.97 Å². The molecule has 1 saturated heterocycles. The molecule has 122 valence electrons. The van der Waals surface area contributed by atoms with Crippen LogP contribution in [0.5, 0.6) is 0 Å².